The highest BCUT2D eigenvalue weighted by Gasteiger charge is 2.07. The maximum atomic E-state index is 5.95. The van der Waals surface area contributed by atoms with Gasteiger partial charge in [-0.05, 0) is 42.3 Å². The van der Waals surface area contributed by atoms with Crippen LogP contribution in [0.2, 0.25) is 5.02 Å². The van der Waals surface area contributed by atoms with Gasteiger partial charge in [-0.3, -0.25) is 0 Å². The second-order valence-corrected chi connectivity index (χ2v) is 6.40. The molecule has 2 nitrogen and oxygen atoms in total. The van der Waals surface area contributed by atoms with E-state index < -0.39 is 0 Å². The molecule has 0 radical (unpaired) electrons. The summed E-state index contributed by atoms with van der Waals surface area (Å²) < 4.78 is 5.43. The number of methoxy groups -OCH3 is 1. The minimum Gasteiger partial charge on any atom is -0.496 e. The van der Waals surface area contributed by atoms with Gasteiger partial charge < -0.3 is 10.5 Å². The zero-order valence-electron chi connectivity index (χ0n) is 12.3. The lowest BCUT2D eigenvalue weighted by Crippen LogP contribution is -2.05. The third-order valence-electron chi connectivity index (χ3n) is 3.27. The molecular formula is C17H20ClNOS. The number of rotatable bonds is 6. The highest BCUT2D eigenvalue weighted by molar-refractivity contribution is 7.97. The first-order chi connectivity index (χ1) is 10.1. The maximum Gasteiger partial charge on any atom is 0.122 e. The number of ether oxygens (including phenoxy) is 1. The van der Waals surface area contributed by atoms with E-state index >= 15 is 0 Å². The van der Waals surface area contributed by atoms with Crippen LogP contribution >= 0.6 is 23.4 Å². The van der Waals surface area contributed by atoms with Crippen LogP contribution in [0.3, 0.4) is 0 Å². The van der Waals surface area contributed by atoms with Gasteiger partial charge in [0, 0.05) is 28.1 Å². The topological polar surface area (TPSA) is 35.2 Å². The van der Waals surface area contributed by atoms with E-state index in [1.54, 1.807) is 7.11 Å². The first kappa shape index (κ1) is 16.2. The standard InChI is InChI=1S/C17H20ClNOS/c1-12(19)14-5-8-17(20-2)15(9-14)11-21-10-13-3-6-16(18)7-4-13/h3-9,12H,10-11,19H2,1-2H3. The van der Waals surface area contributed by atoms with Gasteiger partial charge in [-0.2, -0.15) is 11.8 Å². The van der Waals surface area contributed by atoms with E-state index in [1.165, 1.54) is 11.1 Å². The SMILES string of the molecule is COc1ccc(C(C)N)cc1CSCc1ccc(Cl)cc1. The maximum absolute atomic E-state index is 5.95. The Morgan fingerprint density at radius 2 is 1.86 bits per heavy atom. The molecule has 0 aromatic heterocycles. The smallest absolute Gasteiger partial charge is 0.122 e. The van der Waals surface area contributed by atoms with Crippen molar-refractivity contribution >= 4 is 23.4 Å². The molecule has 0 fully saturated rings. The molecule has 0 amide bonds. The largest absolute Gasteiger partial charge is 0.496 e. The van der Waals surface area contributed by atoms with E-state index in [2.05, 4.69) is 18.2 Å². The fourth-order valence-electron chi connectivity index (χ4n) is 2.05. The summed E-state index contributed by atoms with van der Waals surface area (Å²) in [5.74, 6) is 2.76. The predicted molar refractivity (Wildman–Crippen MR) is 92.0 cm³/mol. The van der Waals surface area contributed by atoms with E-state index in [0.717, 1.165) is 27.8 Å². The average molecular weight is 322 g/mol. The van der Waals surface area contributed by atoms with Gasteiger partial charge in [0.15, 0.2) is 0 Å². The van der Waals surface area contributed by atoms with Gasteiger partial charge in [-0.25, -0.2) is 0 Å². The van der Waals surface area contributed by atoms with Gasteiger partial charge >= 0.3 is 0 Å². The summed E-state index contributed by atoms with van der Waals surface area (Å²) in [4.78, 5) is 0. The zero-order chi connectivity index (χ0) is 15.2. The summed E-state index contributed by atoms with van der Waals surface area (Å²) >= 11 is 7.74. The van der Waals surface area contributed by atoms with Crippen LogP contribution in [0.25, 0.3) is 0 Å². The minimum atomic E-state index is 0.0379. The number of thioether (sulfide) groups is 1. The summed E-state index contributed by atoms with van der Waals surface area (Å²) in [7, 11) is 1.70. The zero-order valence-corrected chi connectivity index (χ0v) is 13.9. The molecule has 1 atom stereocenters. The fraction of sp³-hybridized carbons (Fsp3) is 0.294. The molecule has 4 heteroatoms. The molecule has 2 aromatic carbocycles. The predicted octanol–water partition coefficient (Wildman–Crippen LogP) is 4.80. The first-order valence-electron chi connectivity index (χ1n) is 6.84. The molecule has 0 heterocycles. The summed E-state index contributed by atoms with van der Waals surface area (Å²) in [6, 6.07) is 14.2. The summed E-state index contributed by atoms with van der Waals surface area (Å²) in [6.07, 6.45) is 0. The van der Waals surface area contributed by atoms with Crippen molar-refractivity contribution in [3.05, 3.63) is 64.2 Å². The molecular weight excluding hydrogens is 302 g/mol. The van der Waals surface area contributed by atoms with Crippen molar-refractivity contribution in [2.75, 3.05) is 7.11 Å². The molecule has 1 unspecified atom stereocenters. The van der Waals surface area contributed by atoms with Crippen molar-refractivity contribution < 1.29 is 4.74 Å². The Balaban J connectivity index is 2.01. The molecule has 0 aliphatic heterocycles. The van der Waals surface area contributed by atoms with Gasteiger partial charge in [-0.15, -0.1) is 0 Å². The van der Waals surface area contributed by atoms with Gasteiger partial charge in [0.25, 0.3) is 0 Å². The summed E-state index contributed by atoms with van der Waals surface area (Å²) in [5, 5.41) is 0.773. The Labute approximate surface area is 135 Å². The van der Waals surface area contributed by atoms with Crippen molar-refractivity contribution in [2.24, 2.45) is 5.73 Å². The van der Waals surface area contributed by atoms with Crippen molar-refractivity contribution in [2.45, 2.75) is 24.5 Å². The fourth-order valence-corrected chi connectivity index (χ4v) is 3.16. The number of hydrogen-bond donors (Lipinski definition) is 1. The van der Waals surface area contributed by atoms with Crippen molar-refractivity contribution in [3.8, 4) is 5.75 Å². The molecule has 112 valence electrons. The highest BCUT2D eigenvalue weighted by Crippen LogP contribution is 2.28. The van der Waals surface area contributed by atoms with Crippen LogP contribution in [0.5, 0.6) is 5.75 Å². The van der Waals surface area contributed by atoms with Crippen molar-refractivity contribution in [1.82, 2.24) is 0 Å². The Hall–Kier alpha value is -1.16. The van der Waals surface area contributed by atoms with Crippen LogP contribution in [0.4, 0.5) is 0 Å². The average Bonchev–Trinajstić information content (AvgIpc) is 2.49. The lowest BCUT2D eigenvalue weighted by Gasteiger charge is -2.12. The summed E-state index contributed by atoms with van der Waals surface area (Å²) in [6.45, 7) is 1.99. The highest BCUT2D eigenvalue weighted by atomic mass is 35.5. The van der Waals surface area contributed by atoms with E-state index in [0.29, 0.717) is 0 Å². The Kier molecular flexibility index (Phi) is 5.97. The summed E-state index contributed by atoms with van der Waals surface area (Å²) in [5.41, 5.74) is 9.54. The van der Waals surface area contributed by atoms with Crippen LogP contribution < -0.4 is 10.5 Å². The Morgan fingerprint density at radius 3 is 2.48 bits per heavy atom. The van der Waals surface area contributed by atoms with Crippen LogP contribution in [-0.4, -0.2) is 7.11 Å². The molecule has 2 N–H and O–H groups in total. The van der Waals surface area contributed by atoms with E-state index in [9.17, 15) is 0 Å². The monoisotopic (exact) mass is 321 g/mol. The minimum absolute atomic E-state index is 0.0379. The third-order valence-corrected chi connectivity index (χ3v) is 4.57. The third kappa shape index (κ3) is 4.67. The number of hydrogen-bond acceptors (Lipinski definition) is 3. The van der Waals surface area contributed by atoms with Gasteiger partial charge in [0.05, 0.1) is 7.11 Å². The van der Waals surface area contributed by atoms with Crippen molar-refractivity contribution in [3.63, 3.8) is 0 Å². The van der Waals surface area contributed by atoms with Gasteiger partial charge in [0.1, 0.15) is 5.75 Å². The Bertz CT molecular complexity index is 584. The van der Waals surface area contributed by atoms with E-state index in [4.69, 9.17) is 22.1 Å². The van der Waals surface area contributed by atoms with Crippen LogP contribution in [-0.2, 0) is 11.5 Å². The Morgan fingerprint density at radius 1 is 1.14 bits per heavy atom. The molecule has 0 aliphatic rings. The van der Waals surface area contributed by atoms with Gasteiger partial charge in [0.2, 0.25) is 0 Å². The molecule has 0 saturated heterocycles. The normalized spacial score (nSPS) is 12.2. The molecule has 0 spiro atoms. The quantitative estimate of drug-likeness (QED) is 0.830. The molecule has 0 saturated carbocycles. The lowest BCUT2D eigenvalue weighted by molar-refractivity contribution is 0.411. The van der Waals surface area contributed by atoms with E-state index in [-0.39, 0.29) is 6.04 Å². The van der Waals surface area contributed by atoms with Crippen LogP contribution in [0.1, 0.15) is 29.7 Å². The molecule has 2 rings (SSSR count). The first-order valence-corrected chi connectivity index (χ1v) is 8.38. The number of halogens is 1. The number of nitrogens with two attached hydrogens (primary N) is 1. The van der Waals surface area contributed by atoms with Crippen molar-refractivity contribution in [1.29, 1.82) is 0 Å². The van der Waals surface area contributed by atoms with Crippen LogP contribution in [0.15, 0.2) is 42.5 Å². The van der Waals surface area contributed by atoms with Gasteiger partial charge in [-0.1, -0.05) is 29.8 Å². The second kappa shape index (κ2) is 7.74. The molecule has 21 heavy (non-hydrogen) atoms. The molecule has 0 bridgehead atoms. The second-order valence-electron chi connectivity index (χ2n) is 4.98. The lowest BCUT2D eigenvalue weighted by atomic mass is 10.1. The van der Waals surface area contributed by atoms with E-state index in [1.807, 2.05) is 43.0 Å². The van der Waals surface area contributed by atoms with Crippen LogP contribution in [0, 0.1) is 0 Å². The number of benzene rings is 2. The molecule has 2 aromatic rings. The molecule has 0 aliphatic carbocycles.